The summed E-state index contributed by atoms with van der Waals surface area (Å²) in [7, 11) is 0. The molecular formula is C15H19BrN6O4. The number of hydrogen-bond acceptors (Lipinski definition) is 6. The van der Waals surface area contributed by atoms with Crippen LogP contribution in [-0.2, 0) is 9.53 Å². The average molecular weight is 427 g/mol. The molecule has 0 unspecified atom stereocenters. The largest absolute Gasteiger partial charge is 0.444 e. The molecule has 0 aromatic carbocycles. The first kappa shape index (κ1) is 20.0. The first-order chi connectivity index (χ1) is 12.1. The summed E-state index contributed by atoms with van der Waals surface area (Å²) in [5.74, 6) is -0.419. The van der Waals surface area contributed by atoms with Gasteiger partial charge in [0.25, 0.3) is 5.91 Å². The fraction of sp³-hybridized carbons (Fsp3) is 0.533. The molecule has 0 radical (unpaired) electrons. The van der Waals surface area contributed by atoms with E-state index in [0.29, 0.717) is 4.60 Å². The molecule has 26 heavy (non-hydrogen) atoms. The summed E-state index contributed by atoms with van der Waals surface area (Å²) in [6.07, 6.45) is -2.15. The number of amides is 2. The predicted molar refractivity (Wildman–Crippen MR) is 96.2 cm³/mol. The average Bonchev–Trinajstić information content (AvgIpc) is 2.83. The zero-order valence-electron chi connectivity index (χ0n) is 14.5. The molecule has 2 N–H and O–H groups in total. The highest BCUT2D eigenvalue weighted by Gasteiger charge is 2.48. The summed E-state index contributed by atoms with van der Waals surface area (Å²) in [6, 6.07) is 2.68. The molecule has 1 aliphatic heterocycles. The Morgan fingerprint density at radius 1 is 1.50 bits per heavy atom. The van der Waals surface area contributed by atoms with Crippen LogP contribution >= 0.6 is 15.9 Å². The van der Waals surface area contributed by atoms with E-state index in [9.17, 15) is 14.7 Å². The lowest BCUT2D eigenvalue weighted by atomic mass is 10.1. The topological polar surface area (TPSA) is 141 Å². The smallest absolute Gasteiger partial charge is 0.411 e. The molecule has 1 fully saturated rings. The maximum atomic E-state index is 12.7. The molecule has 0 saturated carbocycles. The maximum absolute atomic E-state index is 12.7. The molecule has 2 heterocycles. The summed E-state index contributed by atoms with van der Waals surface area (Å²) >= 11 is 3.19. The normalized spacial score (nSPS) is 22.5. The molecule has 0 spiro atoms. The van der Waals surface area contributed by atoms with Crippen molar-refractivity contribution in [2.24, 2.45) is 5.11 Å². The van der Waals surface area contributed by atoms with Crippen molar-refractivity contribution in [3.63, 3.8) is 0 Å². The van der Waals surface area contributed by atoms with Gasteiger partial charge in [-0.05, 0) is 54.4 Å². The van der Waals surface area contributed by atoms with Crippen LogP contribution in [0.4, 0.5) is 10.6 Å². The van der Waals surface area contributed by atoms with Gasteiger partial charge in [-0.3, -0.25) is 9.69 Å². The van der Waals surface area contributed by atoms with Gasteiger partial charge in [0.05, 0.1) is 12.1 Å². The van der Waals surface area contributed by atoms with Crippen LogP contribution in [0, 0.1) is 0 Å². The number of aliphatic hydroxyl groups excluding tert-OH is 1. The highest BCUT2D eigenvalue weighted by atomic mass is 79.9. The number of carbonyl (C=O) groups is 2. The van der Waals surface area contributed by atoms with Crippen molar-refractivity contribution >= 4 is 33.7 Å². The van der Waals surface area contributed by atoms with Gasteiger partial charge in [-0.2, -0.15) is 0 Å². The van der Waals surface area contributed by atoms with Crippen LogP contribution < -0.4 is 5.32 Å². The number of halogens is 1. The molecule has 1 aromatic heterocycles. The van der Waals surface area contributed by atoms with E-state index >= 15 is 0 Å². The van der Waals surface area contributed by atoms with E-state index in [-0.39, 0.29) is 12.4 Å². The lowest BCUT2D eigenvalue weighted by Gasteiger charge is -2.28. The van der Waals surface area contributed by atoms with Crippen LogP contribution in [0.25, 0.3) is 10.4 Å². The molecule has 2 rings (SSSR count). The number of hydrogen-bond donors (Lipinski definition) is 2. The minimum absolute atomic E-state index is 0.135. The molecule has 0 bridgehead atoms. The van der Waals surface area contributed by atoms with Gasteiger partial charge in [0.2, 0.25) is 0 Å². The third kappa shape index (κ3) is 4.84. The zero-order chi connectivity index (χ0) is 19.5. The van der Waals surface area contributed by atoms with Gasteiger partial charge in [-0.25, -0.2) is 9.78 Å². The molecule has 10 nitrogen and oxygen atoms in total. The van der Waals surface area contributed by atoms with Crippen molar-refractivity contribution < 1.29 is 19.4 Å². The van der Waals surface area contributed by atoms with Crippen LogP contribution in [-0.4, -0.2) is 57.3 Å². The zero-order valence-corrected chi connectivity index (χ0v) is 16.0. The predicted octanol–water partition coefficient (Wildman–Crippen LogP) is 2.44. The van der Waals surface area contributed by atoms with Crippen LogP contribution in [0.5, 0.6) is 0 Å². The third-order valence-electron chi connectivity index (χ3n) is 3.50. The van der Waals surface area contributed by atoms with Gasteiger partial charge < -0.3 is 15.2 Å². The SMILES string of the molecule is CC(C)(C)OC(=O)N1C[C@@H](N=[N+]=[N-])[C@H](O)[C@H]1C(=O)Nc1cccc(Br)n1. The second-order valence-corrected chi connectivity index (χ2v) is 7.49. The van der Waals surface area contributed by atoms with Crippen LogP contribution in [0.15, 0.2) is 27.9 Å². The Hall–Kier alpha value is -2.36. The van der Waals surface area contributed by atoms with Gasteiger partial charge in [0.15, 0.2) is 0 Å². The van der Waals surface area contributed by atoms with E-state index in [1.54, 1.807) is 39.0 Å². The maximum Gasteiger partial charge on any atom is 0.411 e. The number of anilines is 1. The molecule has 11 heteroatoms. The van der Waals surface area contributed by atoms with E-state index in [1.807, 2.05) is 0 Å². The lowest BCUT2D eigenvalue weighted by Crippen LogP contribution is -2.49. The number of nitrogens with zero attached hydrogens (tertiary/aromatic N) is 5. The summed E-state index contributed by atoms with van der Waals surface area (Å²) < 4.78 is 5.80. The van der Waals surface area contributed by atoms with Crippen molar-refractivity contribution in [3.05, 3.63) is 33.2 Å². The quantitative estimate of drug-likeness (QED) is 0.330. The van der Waals surface area contributed by atoms with Gasteiger partial charge in [-0.15, -0.1) is 0 Å². The van der Waals surface area contributed by atoms with Gasteiger partial charge in [-0.1, -0.05) is 11.2 Å². The molecule has 140 valence electrons. The third-order valence-corrected chi connectivity index (χ3v) is 3.94. The van der Waals surface area contributed by atoms with Crippen molar-refractivity contribution in [2.45, 2.75) is 44.6 Å². The summed E-state index contributed by atoms with van der Waals surface area (Å²) in [5.41, 5.74) is 7.86. The van der Waals surface area contributed by atoms with Gasteiger partial charge in [0.1, 0.15) is 22.1 Å². The number of azide groups is 1. The Morgan fingerprint density at radius 2 is 2.19 bits per heavy atom. The number of nitrogens with one attached hydrogen (secondary N) is 1. The Kier molecular flexibility index (Phi) is 6.06. The Bertz CT molecular complexity index is 746. The summed E-state index contributed by atoms with van der Waals surface area (Å²) in [5, 5.41) is 16.4. The fourth-order valence-electron chi connectivity index (χ4n) is 2.47. The first-order valence-corrected chi connectivity index (χ1v) is 8.57. The molecule has 3 atom stereocenters. The molecule has 1 aliphatic rings. The standard InChI is InChI=1S/C15H19BrN6O4/c1-15(2,3)26-14(25)22-7-8(20-21-17)12(23)11(22)13(24)19-10-6-4-5-9(16)18-10/h4-6,8,11-12,23H,7H2,1-3H3,(H,18,19,24)/t8-,11+,12+/m1/s1. The monoisotopic (exact) mass is 426 g/mol. The number of carbonyl (C=O) groups excluding carboxylic acids is 2. The van der Waals surface area contributed by atoms with Crippen LogP contribution in [0.2, 0.25) is 0 Å². The van der Waals surface area contributed by atoms with E-state index < -0.39 is 35.8 Å². The fourth-order valence-corrected chi connectivity index (χ4v) is 2.82. The second kappa shape index (κ2) is 7.90. The van der Waals surface area contributed by atoms with Crippen molar-refractivity contribution in [1.29, 1.82) is 0 Å². The second-order valence-electron chi connectivity index (χ2n) is 6.68. The number of aliphatic hydroxyl groups is 1. The first-order valence-electron chi connectivity index (χ1n) is 7.77. The van der Waals surface area contributed by atoms with Crippen LogP contribution in [0.1, 0.15) is 20.8 Å². The minimum Gasteiger partial charge on any atom is -0.444 e. The number of likely N-dealkylation sites (tertiary alicyclic amines) is 1. The van der Waals surface area contributed by atoms with Gasteiger partial charge >= 0.3 is 6.09 Å². The highest BCUT2D eigenvalue weighted by Crippen LogP contribution is 2.25. The minimum atomic E-state index is -1.37. The highest BCUT2D eigenvalue weighted by molar-refractivity contribution is 9.10. The van der Waals surface area contributed by atoms with Crippen molar-refractivity contribution in [1.82, 2.24) is 9.88 Å². The Morgan fingerprint density at radius 3 is 2.77 bits per heavy atom. The molecule has 2 amide bonds. The summed E-state index contributed by atoms with van der Waals surface area (Å²) in [6.45, 7) is 4.92. The number of aromatic nitrogens is 1. The van der Waals surface area contributed by atoms with E-state index in [2.05, 4.69) is 36.3 Å². The number of rotatable bonds is 3. The number of ether oxygens (including phenoxy) is 1. The van der Waals surface area contributed by atoms with Gasteiger partial charge in [0, 0.05) is 11.5 Å². The van der Waals surface area contributed by atoms with E-state index in [1.165, 1.54) is 0 Å². The Balaban J connectivity index is 2.25. The molecule has 1 saturated heterocycles. The number of pyridine rings is 1. The van der Waals surface area contributed by atoms with Crippen molar-refractivity contribution in [2.75, 3.05) is 11.9 Å². The van der Waals surface area contributed by atoms with E-state index in [4.69, 9.17) is 10.3 Å². The molecule has 1 aromatic rings. The van der Waals surface area contributed by atoms with E-state index in [0.717, 1.165) is 4.90 Å². The molecule has 0 aliphatic carbocycles. The Labute approximate surface area is 158 Å². The van der Waals surface area contributed by atoms with Crippen molar-refractivity contribution in [3.8, 4) is 0 Å². The molecular weight excluding hydrogens is 408 g/mol. The summed E-state index contributed by atoms with van der Waals surface area (Å²) in [4.78, 5) is 32.9. The lowest BCUT2D eigenvalue weighted by molar-refractivity contribution is -0.122. The van der Waals surface area contributed by atoms with Crippen LogP contribution in [0.3, 0.4) is 0 Å².